The van der Waals surface area contributed by atoms with Crippen LogP contribution in [-0.4, -0.2) is 33.4 Å². The topological polar surface area (TPSA) is 95.1 Å². The standard InChI is InChI=1S/C17H18ClN5O2S/c1-4-25-16(24)13-12(19)11-14(20-10-8-6-5-7-9(10)18)21-17(26-3)22-15(11)23(13)2/h5-8H,4,19H2,1-3H3,(H,20,21,22). The summed E-state index contributed by atoms with van der Waals surface area (Å²) < 4.78 is 6.75. The number of nitrogen functional groups attached to an aromatic ring is 1. The molecule has 0 atom stereocenters. The van der Waals surface area contributed by atoms with E-state index < -0.39 is 5.97 Å². The molecule has 1 aromatic carbocycles. The lowest BCUT2D eigenvalue weighted by molar-refractivity contribution is 0.0517. The van der Waals surface area contributed by atoms with Gasteiger partial charge in [0.1, 0.15) is 11.5 Å². The van der Waals surface area contributed by atoms with E-state index in [2.05, 4.69) is 15.3 Å². The van der Waals surface area contributed by atoms with Crippen LogP contribution in [0.25, 0.3) is 11.0 Å². The Morgan fingerprint density at radius 2 is 2.12 bits per heavy atom. The molecule has 2 heterocycles. The van der Waals surface area contributed by atoms with E-state index in [9.17, 15) is 4.79 Å². The van der Waals surface area contributed by atoms with E-state index in [1.165, 1.54) is 11.8 Å². The third kappa shape index (κ3) is 3.17. The number of esters is 1. The second-order valence-electron chi connectivity index (χ2n) is 5.40. The summed E-state index contributed by atoms with van der Waals surface area (Å²) in [6, 6.07) is 7.31. The first-order valence-electron chi connectivity index (χ1n) is 7.86. The van der Waals surface area contributed by atoms with E-state index in [4.69, 9.17) is 22.1 Å². The van der Waals surface area contributed by atoms with Gasteiger partial charge in [0.2, 0.25) is 0 Å². The molecule has 0 unspecified atom stereocenters. The molecule has 0 spiro atoms. The molecule has 3 N–H and O–H groups in total. The number of nitrogens with one attached hydrogen (secondary N) is 1. The molecule has 136 valence electrons. The quantitative estimate of drug-likeness (QED) is 0.387. The first-order valence-corrected chi connectivity index (χ1v) is 9.46. The van der Waals surface area contributed by atoms with Gasteiger partial charge in [-0.2, -0.15) is 0 Å². The molecule has 0 bridgehead atoms. The minimum atomic E-state index is -0.500. The fourth-order valence-electron chi connectivity index (χ4n) is 2.64. The van der Waals surface area contributed by atoms with Gasteiger partial charge < -0.3 is 20.4 Å². The smallest absolute Gasteiger partial charge is 0.357 e. The Bertz CT molecular complexity index is 989. The number of ether oxygens (including phenoxy) is 1. The normalized spacial score (nSPS) is 10.9. The number of carbonyl (C=O) groups excluding carboxylic acids is 1. The van der Waals surface area contributed by atoms with Gasteiger partial charge >= 0.3 is 5.97 Å². The van der Waals surface area contributed by atoms with Crippen LogP contribution in [0.15, 0.2) is 29.4 Å². The molecule has 0 fully saturated rings. The molecule has 0 aliphatic rings. The number of hydrogen-bond donors (Lipinski definition) is 2. The van der Waals surface area contributed by atoms with E-state index in [1.807, 2.05) is 24.5 Å². The first kappa shape index (κ1) is 18.3. The van der Waals surface area contributed by atoms with Crippen LogP contribution in [0.4, 0.5) is 17.2 Å². The maximum atomic E-state index is 12.3. The summed E-state index contributed by atoms with van der Waals surface area (Å²) in [5.74, 6) is -0.0176. The lowest BCUT2D eigenvalue weighted by atomic mass is 10.2. The molecule has 26 heavy (non-hydrogen) atoms. The molecule has 3 rings (SSSR count). The number of nitrogens with two attached hydrogens (primary N) is 1. The summed E-state index contributed by atoms with van der Waals surface area (Å²) in [7, 11) is 1.72. The minimum absolute atomic E-state index is 0.247. The van der Waals surface area contributed by atoms with Crippen molar-refractivity contribution >= 4 is 57.6 Å². The third-order valence-corrected chi connectivity index (χ3v) is 4.70. The zero-order valence-electron chi connectivity index (χ0n) is 14.5. The highest BCUT2D eigenvalue weighted by atomic mass is 35.5. The van der Waals surface area contributed by atoms with Crippen molar-refractivity contribution < 1.29 is 9.53 Å². The number of fused-ring (bicyclic) bond motifs is 1. The average molecular weight is 392 g/mol. The average Bonchev–Trinajstić information content (AvgIpc) is 2.88. The van der Waals surface area contributed by atoms with E-state index in [1.54, 1.807) is 24.6 Å². The largest absolute Gasteiger partial charge is 0.461 e. The Hall–Kier alpha value is -2.45. The highest BCUT2D eigenvalue weighted by Crippen LogP contribution is 2.36. The van der Waals surface area contributed by atoms with Gasteiger partial charge in [-0.1, -0.05) is 35.5 Å². The van der Waals surface area contributed by atoms with Crippen LogP contribution >= 0.6 is 23.4 Å². The molecule has 2 aromatic heterocycles. The zero-order chi connectivity index (χ0) is 18.8. The van der Waals surface area contributed by atoms with E-state index in [-0.39, 0.29) is 18.0 Å². The second kappa shape index (κ2) is 7.43. The summed E-state index contributed by atoms with van der Waals surface area (Å²) in [6.45, 7) is 2.00. The van der Waals surface area contributed by atoms with Gasteiger partial charge in [-0.25, -0.2) is 14.8 Å². The number of rotatable bonds is 5. The number of thioether (sulfide) groups is 1. The molecule has 0 saturated carbocycles. The van der Waals surface area contributed by atoms with Crippen LogP contribution in [-0.2, 0) is 11.8 Å². The predicted molar refractivity (Wildman–Crippen MR) is 105 cm³/mol. The van der Waals surface area contributed by atoms with Gasteiger partial charge in [0.05, 0.1) is 28.4 Å². The molecule has 9 heteroatoms. The Labute approximate surface area is 159 Å². The van der Waals surface area contributed by atoms with E-state index in [0.717, 1.165) is 0 Å². The number of benzene rings is 1. The van der Waals surface area contributed by atoms with Gasteiger partial charge in [0.15, 0.2) is 10.9 Å². The van der Waals surface area contributed by atoms with Gasteiger partial charge in [-0.3, -0.25) is 0 Å². The van der Waals surface area contributed by atoms with Crippen molar-refractivity contribution in [1.29, 1.82) is 0 Å². The number of hydrogen-bond acceptors (Lipinski definition) is 7. The van der Waals surface area contributed by atoms with Crippen molar-refractivity contribution in [2.24, 2.45) is 7.05 Å². The molecular weight excluding hydrogens is 374 g/mol. The molecule has 0 aliphatic heterocycles. The minimum Gasteiger partial charge on any atom is -0.461 e. The summed E-state index contributed by atoms with van der Waals surface area (Å²) in [5.41, 5.74) is 8.01. The third-order valence-electron chi connectivity index (χ3n) is 3.83. The number of carbonyl (C=O) groups is 1. The van der Waals surface area contributed by atoms with Gasteiger partial charge in [0.25, 0.3) is 0 Å². The first-order chi connectivity index (χ1) is 12.5. The SMILES string of the molecule is CCOC(=O)c1c(N)c2c(Nc3ccccc3Cl)nc(SC)nc2n1C. The highest BCUT2D eigenvalue weighted by molar-refractivity contribution is 7.98. The number of aromatic nitrogens is 3. The number of anilines is 3. The summed E-state index contributed by atoms with van der Waals surface area (Å²) >= 11 is 7.63. The van der Waals surface area contributed by atoms with Crippen LogP contribution in [0.5, 0.6) is 0 Å². The van der Waals surface area contributed by atoms with Crippen molar-refractivity contribution in [3.8, 4) is 0 Å². The Morgan fingerprint density at radius 3 is 2.77 bits per heavy atom. The Balaban J connectivity index is 2.23. The van der Waals surface area contributed by atoms with Crippen LogP contribution in [0, 0.1) is 0 Å². The van der Waals surface area contributed by atoms with Crippen LogP contribution < -0.4 is 11.1 Å². The van der Waals surface area contributed by atoms with Crippen molar-refractivity contribution in [2.45, 2.75) is 12.1 Å². The molecule has 0 radical (unpaired) electrons. The summed E-state index contributed by atoms with van der Waals surface area (Å²) in [4.78, 5) is 21.3. The van der Waals surface area contributed by atoms with Crippen molar-refractivity contribution in [3.63, 3.8) is 0 Å². The van der Waals surface area contributed by atoms with Crippen molar-refractivity contribution in [2.75, 3.05) is 23.9 Å². The highest BCUT2D eigenvalue weighted by Gasteiger charge is 2.25. The lowest BCUT2D eigenvalue weighted by Crippen LogP contribution is -2.12. The van der Waals surface area contributed by atoms with E-state index in [0.29, 0.717) is 32.7 Å². The van der Waals surface area contributed by atoms with Gasteiger partial charge in [-0.05, 0) is 25.3 Å². The molecular formula is C17H18ClN5O2S. The summed E-state index contributed by atoms with van der Waals surface area (Å²) in [5, 5.41) is 4.84. The molecule has 0 aliphatic carbocycles. The maximum absolute atomic E-state index is 12.3. The number of para-hydroxylation sites is 1. The monoisotopic (exact) mass is 391 g/mol. The van der Waals surface area contributed by atoms with Gasteiger partial charge in [-0.15, -0.1) is 0 Å². The lowest BCUT2D eigenvalue weighted by Gasteiger charge is -2.10. The number of aryl methyl sites for hydroxylation is 1. The zero-order valence-corrected chi connectivity index (χ0v) is 16.1. The van der Waals surface area contributed by atoms with Crippen LogP contribution in [0.1, 0.15) is 17.4 Å². The fraction of sp³-hybridized carbons (Fsp3) is 0.235. The van der Waals surface area contributed by atoms with Crippen LogP contribution in [0.2, 0.25) is 5.02 Å². The second-order valence-corrected chi connectivity index (χ2v) is 6.58. The summed E-state index contributed by atoms with van der Waals surface area (Å²) in [6.07, 6.45) is 1.87. The Kier molecular flexibility index (Phi) is 5.24. The number of nitrogens with zero attached hydrogens (tertiary/aromatic N) is 3. The number of halogens is 1. The van der Waals surface area contributed by atoms with Gasteiger partial charge in [0, 0.05) is 7.05 Å². The van der Waals surface area contributed by atoms with E-state index >= 15 is 0 Å². The molecule has 3 aromatic rings. The van der Waals surface area contributed by atoms with Crippen molar-refractivity contribution in [1.82, 2.24) is 14.5 Å². The molecule has 0 amide bonds. The molecule has 0 saturated heterocycles. The molecule has 7 nitrogen and oxygen atoms in total. The maximum Gasteiger partial charge on any atom is 0.357 e. The van der Waals surface area contributed by atoms with Crippen LogP contribution in [0.3, 0.4) is 0 Å². The van der Waals surface area contributed by atoms with Crippen molar-refractivity contribution in [3.05, 3.63) is 35.0 Å². The fourth-order valence-corrected chi connectivity index (χ4v) is 3.19. The predicted octanol–water partition coefficient (Wildman–Crippen LogP) is 3.85. The Morgan fingerprint density at radius 1 is 1.38 bits per heavy atom.